The minimum Gasteiger partial charge on any atom is -0.463 e. The maximum Gasteiger partial charge on any atom is 0.302 e. The summed E-state index contributed by atoms with van der Waals surface area (Å²) < 4.78 is 12.1. The van der Waals surface area contributed by atoms with Gasteiger partial charge in [-0.3, -0.25) is 14.9 Å². The Morgan fingerprint density at radius 1 is 1.41 bits per heavy atom. The van der Waals surface area contributed by atoms with Gasteiger partial charge in [0.25, 0.3) is 0 Å². The summed E-state index contributed by atoms with van der Waals surface area (Å²) in [6, 6.07) is 0. The number of nitrogens with zero attached hydrogens (tertiary/aromatic N) is 3. The predicted molar refractivity (Wildman–Crippen MR) is 79.6 cm³/mol. The van der Waals surface area contributed by atoms with Gasteiger partial charge in [0.05, 0.1) is 12.9 Å². The number of hydrogen-bond acceptors (Lipinski definition) is 7. The lowest BCUT2D eigenvalue weighted by molar-refractivity contribution is -0.142. The molecule has 0 bridgehead atoms. The SMILES string of the molecule is CC(=O)Nc1nc(=S)c2c(ncn2COCCOC(C)=O)[nH]1. The second-order valence-corrected chi connectivity index (χ2v) is 4.75. The van der Waals surface area contributed by atoms with Gasteiger partial charge >= 0.3 is 5.97 Å². The number of amides is 1. The van der Waals surface area contributed by atoms with Gasteiger partial charge in [0.1, 0.15) is 18.9 Å². The average molecular weight is 325 g/mol. The highest BCUT2D eigenvalue weighted by Crippen LogP contribution is 2.13. The van der Waals surface area contributed by atoms with Crippen LogP contribution in [0.2, 0.25) is 0 Å². The predicted octanol–water partition coefficient (Wildman–Crippen LogP) is 0.984. The highest BCUT2D eigenvalue weighted by atomic mass is 32.1. The monoisotopic (exact) mass is 325 g/mol. The lowest BCUT2D eigenvalue weighted by atomic mass is 10.5. The molecule has 0 aliphatic heterocycles. The van der Waals surface area contributed by atoms with Gasteiger partial charge in [-0.05, 0) is 0 Å². The summed E-state index contributed by atoms with van der Waals surface area (Å²) in [4.78, 5) is 32.8. The summed E-state index contributed by atoms with van der Waals surface area (Å²) in [5, 5.41) is 2.52. The van der Waals surface area contributed by atoms with Crippen molar-refractivity contribution in [1.82, 2.24) is 19.5 Å². The minimum atomic E-state index is -0.353. The van der Waals surface area contributed by atoms with Crippen LogP contribution in [0.25, 0.3) is 11.2 Å². The molecule has 22 heavy (non-hydrogen) atoms. The maximum absolute atomic E-state index is 11.0. The first-order valence-electron chi connectivity index (χ1n) is 6.41. The Morgan fingerprint density at radius 3 is 2.86 bits per heavy atom. The number of fused-ring (bicyclic) bond motifs is 1. The zero-order chi connectivity index (χ0) is 16.1. The van der Waals surface area contributed by atoms with E-state index in [1.165, 1.54) is 13.8 Å². The van der Waals surface area contributed by atoms with Crippen molar-refractivity contribution in [2.24, 2.45) is 0 Å². The molecule has 1 amide bonds. The number of carbonyl (C=O) groups excluding carboxylic acids is 2. The molecule has 10 heteroatoms. The molecule has 0 fully saturated rings. The molecule has 0 aromatic carbocycles. The van der Waals surface area contributed by atoms with E-state index in [1.807, 2.05) is 0 Å². The Morgan fingerprint density at radius 2 is 2.18 bits per heavy atom. The largest absolute Gasteiger partial charge is 0.463 e. The van der Waals surface area contributed by atoms with E-state index in [0.29, 0.717) is 15.8 Å². The fourth-order valence-corrected chi connectivity index (χ4v) is 2.03. The first kappa shape index (κ1) is 16.0. The Balaban J connectivity index is 2.07. The number of imidazole rings is 1. The number of carbonyl (C=O) groups is 2. The van der Waals surface area contributed by atoms with Gasteiger partial charge in [-0.2, -0.15) is 0 Å². The smallest absolute Gasteiger partial charge is 0.302 e. The molecule has 2 heterocycles. The van der Waals surface area contributed by atoms with Crippen LogP contribution in [-0.2, 0) is 25.8 Å². The second kappa shape index (κ2) is 7.09. The minimum absolute atomic E-state index is 0.180. The molecule has 9 nitrogen and oxygen atoms in total. The van der Waals surface area contributed by atoms with Crippen LogP contribution in [0.1, 0.15) is 13.8 Å². The van der Waals surface area contributed by atoms with Gasteiger partial charge in [-0.25, -0.2) is 9.97 Å². The van der Waals surface area contributed by atoms with Crippen molar-refractivity contribution in [3.63, 3.8) is 0 Å². The fourth-order valence-electron chi connectivity index (χ4n) is 1.72. The number of ether oxygens (including phenoxy) is 2. The van der Waals surface area contributed by atoms with Crippen LogP contribution in [0.15, 0.2) is 6.33 Å². The van der Waals surface area contributed by atoms with Crippen molar-refractivity contribution in [1.29, 1.82) is 0 Å². The summed E-state index contributed by atoms with van der Waals surface area (Å²) in [5.74, 6) is -0.370. The molecule has 0 aliphatic carbocycles. The van der Waals surface area contributed by atoms with Crippen molar-refractivity contribution in [3.05, 3.63) is 11.0 Å². The first-order valence-corrected chi connectivity index (χ1v) is 6.82. The van der Waals surface area contributed by atoms with E-state index in [-0.39, 0.29) is 37.8 Å². The number of esters is 1. The summed E-state index contributed by atoms with van der Waals surface area (Å²) in [7, 11) is 0. The van der Waals surface area contributed by atoms with Gasteiger partial charge in [-0.15, -0.1) is 0 Å². The van der Waals surface area contributed by atoms with E-state index >= 15 is 0 Å². The number of nitrogens with one attached hydrogen (secondary N) is 2. The van der Waals surface area contributed by atoms with Crippen LogP contribution < -0.4 is 5.32 Å². The summed E-state index contributed by atoms with van der Waals surface area (Å²) in [5.41, 5.74) is 1.09. The van der Waals surface area contributed by atoms with Gasteiger partial charge in [0.15, 0.2) is 10.3 Å². The third-order valence-electron chi connectivity index (χ3n) is 2.55. The number of rotatable bonds is 6. The van der Waals surface area contributed by atoms with Gasteiger partial charge in [0.2, 0.25) is 11.9 Å². The van der Waals surface area contributed by atoms with Gasteiger partial charge < -0.3 is 19.0 Å². The quantitative estimate of drug-likeness (QED) is 0.463. The number of hydrogen-bond donors (Lipinski definition) is 2. The molecule has 0 radical (unpaired) electrons. The van der Waals surface area contributed by atoms with Crippen LogP contribution in [-0.4, -0.2) is 44.6 Å². The molecule has 0 saturated carbocycles. The summed E-state index contributed by atoms with van der Waals surface area (Å²) in [6.07, 6.45) is 1.54. The first-order chi connectivity index (χ1) is 10.5. The Bertz CT molecular complexity index is 754. The van der Waals surface area contributed by atoms with Crippen LogP contribution >= 0.6 is 12.2 Å². The van der Waals surface area contributed by atoms with Crippen molar-refractivity contribution in [3.8, 4) is 0 Å². The van der Waals surface area contributed by atoms with Gasteiger partial charge in [-0.1, -0.05) is 12.2 Å². The molecule has 2 N–H and O–H groups in total. The van der Waals surface area contributed by atoms with E-state index in [1.54, 1.807) is 10.9 Å². The maximum atomic E-state index is 11.0. The molecule has 0 spiro atoms. The fraction of sp³-hybridized carbons (Fsp3) is 0.417. The number of aromatic nitrogens is 4. The molecular formula is C12H15N5O4S. The molecule has 0 aliphatic rings. The van der Waals surface area contributed by atoms with Crippen molar-refractivity contribution < 1.29 is 19.1 Å². The normalized spacial score (nSPS) is 10.6. The van der Waals surface area contributed by atoms with Crippen LogP contribution in [0, 0.1) is 4.64 Å². The molecule has 2 rings (SSSR count). The lowest BCUT2D eigenvalue weighted by Gasteiger charge is -2.07. The van der Waals surface area contributed by atoms with E-state index in [0.717, 1.165) is 0 Å². The molecular weight excluding hydrogens is 310 g/mol. The van der Waals surface area contributed by atoms with E-state index < -0.39 is 0 Å². The average Bonchev–Trinajstić information content (AvgIpc) is 2.80. The molecule has 118 valence electrons. The Kier molecular flexibility index (Phi) is 5.17. The van der Waals surface area contributed by atoms with E-state index in [4.69, 9.17) is 21.7 Å². The van der Waals surface area contributed by atoms with Crippen molar-refractivity contribution >= 4 is 41.2 Å². The van der Waals surface area contributed by atoms with Crippen molar-refractivity contribution in [2.45, 2.75) is 20.6 Å². The highest BCUT2D eigenvalue weighted by Gasteiger charge is 2.09. The van der Waals surface area contributed by atoms with Crippen LogP contribution in [0.3, 0.4) is 0 Å². The third kappa shape index (κ3) is 4.09. The molecule has 0 saturated heterocycles. The zero-order valence-electron chi connectivity index (χ0n) is 12.1. The topological polar surface area (TPSA) is 111 Å². The van der Waals surface area contributed by atoms with E-state index in [2.05, 4.69) is 20.3 Å². The highest BCUT2D eigenvalue weighted by molar-refractivity contribution is 7.71. The van der Waals surface area contributed by atoms with Gasteiger partial charge in [0, 0.05) is 13.8 Å². The van der Waals surface area contributed by atoms with Crippen LogP contribution in [0.4, 0.5) is 5.95 Å². The number of H-pyrrole nitrogens is 1. The second-order valence-electron chi connectivity index (χ2n) is 4.36. The third-order valence-corrected chi connectivity index (χ3v) is 2.83. The molecule has 2 aromatic rings. The summed E-state index contributed by atoms with van der Waals surface area (Å²) >= 11 is 5.20. The molecule has 0 unspecified atom stereocenters. The lowest BCUT2D eigenvalue weighted by Crippen LogP contribution is -2.11. The number of aromatic amines is 1. The Hall–Kier alpha value is -2.33. The molecule has 2 aromatic heterocycles. The number of anilines is 1. The molecule has 0 atom stereocenters. The summed E-state index contributed by atoms with van der Waals surface area (Å²) in [6.45, 7) is 3.34. The standard InChI is InChI=1S/C12H15N5O4S/c1-7(18)14-12-15-10-9(11(22)16-12)17(5-13-10)6-20-3-4-21-8(2)19/h5H,3-4,6H2,1-2H3,(H2,14,15,16,18,22). The van der Waals surface area contributed by atoms with Crippen molar-refractivity contribution in [2.75, 3.05) is 18.5 Å². The zero-order valence-corrected chi connectivity index (χ0v) is 12.9. The van der Waals surface area contributed by atoms with Crippen LogP contribution in [0.5, 0.6) is 0 Å². The van der Waals surface area contributed by atoms with E-state index in [9.17, 15) is 9.59 Å². The Labute approximate surface area is 130 Å².